The zero-order valence-corrected chi connectivity index (χ0v) is 15.0. The maximum atomic E-state index is 12.1. The Kier molecular flexibility index (Phi) is 4.88. The summed E-state index contributed by atoms with van der Waals surface area (Å²) in [5.41, 5.74) is 2.21. The second-order valence-electron chi connectivity index (χ2n) is 7.36. The Morgan fingerprint density at radius 2 is 1.72 bits per heavy atom. The molecule has 6 heteroatoms. The average Bonchev–Trinajstić information content (AvgIpc) is 3.09. The maximum Gasteiger partial charge on any atom is 0.271 e. The Balaban J connectivity index is 1.62. The molecule has 0 unspecified atom stereocenters. The first-order valence-corrected chi connectivity index (χ1v) is 8.67. The van der Waals surface area contributed by atoms with Gasteiger partial charge in [-0.1, -0.05) is 0 Å². The van der Waals surface area contributed by atoms with Gasteiger partial charge in [-0.05, 0) is 57.9 Å². The summed E-state index contributed by atoms with van der Waals surface area (Å²) in [6, 6.07) is 8.31. The summed E-state index contributed by atoms with van der Waals surface area (Å²) in [6.45, 7) is 8.06. The molecule has 1 aliphatic heterocycles. The highest BCUT2D eigenvalue weighted by Crippen LogP contribution is 2.23. The third kappa shape index (κ3) is 4.68. The number of nitrogens with one attached hydrogen (secondary N) is 2. The molecular weight excluding hydrogens is 314 g/mol. The minimum absolute atomic E-state index is 0.221. The number of aromatic nitrogens is 2. The molecule has 0 aliphatic carbocycles. The maximum absolute atomic E-state index is 12.1. The highest BCUT2D eigenvalue weighted by Gasteiger charge is 2.16. The molecule has 1 saturated heterocycles. The lowest BCUT2D eigenvalue weighted by atomic mass is 10.1. The van der Waals surface area contributed by atoms with E-state index in [9.17, 15) is 4.79 Å². The van der Waals surface area contributed by atoms with E-state index in [2.05, 4.69) is 37.6 Å². The molecule has 1 amide bonds. The van der Waals surface area contributed by atoms with Gasteiger partial charge >= 0.3 is 0 Å². The predicted octanol–water partition coefficient (Wildman–Crippen LogP) is 3.35. The Bertz CT molecular complexity index is 713. The fourth-order valence-corrected chi connectivity index (χ4v) is 2.79. The van der Waals surface area contributed by atoms with E-state index in [1.165, 1.54) is 24.7 Å². The van der Waals surface area contributed by atoms with Crippen molar-refractivity contribution < 1.29 is 4.79 Å². The normalized spacial score (nSPS) is 14.4. The van der Waals surface area contributed by atoms with Gasteiger partial charge in [-0.3, -0.25) is 4.79 Å². The summed E-state index contributed by atoms with van der Waals surface area (Å²) in [7, 11) is 0. The molecule has 0 bridgehead atoms. The van der Waals surface area contributed by atoms with Crippen LogP contribution in [0.5, 0.6) is 0 Å². The minimum atomic E-state index is -0.299. The molecule has 1 aromatic heterocycles. The molecule has 1 aliphatic rings. The Hall–Kier alpha value is -2.63. The Morgan fingerprint density at radius 1 is 1.04 bits per heavy atom. The van der Waals surface area contributed by atoms with Gasteiger partial charge in [0.25, 0.3) is 5.91 Å². The van der Waals surface area contributed by atoms with E-state index in [0.29, 0.717) is 11.5 Å². The molecule has 0 spiro atoms. The van der Waals surface area contributed by atoms with Crippen LogP contribution >= 0.6 is 0 Å². The van der Waals surface area contributed by atoms with Gasteiger partial charge in [0, 0.05) is 30.0 Å². The van der Waals surface area contributed by atoms with Gasteiger partial charge in [0.05, 0.1) is 12.4 Å². The average molecular weight is 339 g/mol. The van der Waals surface area contributed by atoms with E-state index in [1.54, 1.807) is 6.20 Å². The number of rotatable bonds is 4. The number of hydrogen-bond donors (Lipinski definition) is 2. The number of carbonyl (C=O) groups excluding carboxylic acids is 1. The smallest absolute Gasteiger partial charge is 0.271 e. The summed E-state index contributed by atoms with van der Waals surface area (Å²) in [5, 5.41) is 6.08. The third-order valence-electron chi connectivity index (χ3n) is 3.98. The largest absolute Gasteiger partial charge is 0.372 e. The van der Waals surface area contributed by atoms with E-state index in [1.807, 2.05) is 32.9 Å². The SMILES string of the molecule is CC(C)(C)NC(=O)c1cnc(Nc2ccc(N3CCCC3)cc2)cn1. The molecule has 3 rings (SSSR count). The van der Waals surface area contributed by atoms with Gasteiger partial charge in [-0.2, -0.15) is 0 Å². The third-order valence-corrected chi connectivity index (χ3v) is 3.98. The van der Waals surface area contributed by atoms with Crippen LogP contribution in [0, 0.1) is 0 Å². The van der Waals surface area contributed by atoms with Crippen molar-refractivity contribution in [3.8, 4) is 0 Å². The zero-order valence-electron chi connectivity index (χ0n) is 15.0. The summed E-state index contributed by atoms with van der Waals surface area (Å²) in [6.07, 6.45) is 5.60. The molecule has 2 N–H and O–H groups in total. The number of nitrogens with zero attached hydrogens (tertiary/aromatic N) is 3. The van der Waals surface area contributed by atoms with E-state index < -0.39 is 0 Å². The van der Waals surface area contributed by atoms with Gasteiger partial charge in [0.2, 0.25) is 0 Å². The van der Waals surface area contributed by atoms with Crippen LogP contribution in [0.15, 0.2) is 36.7 Å². The van der Waals surface area contributed by atoms with Gasteiger partial charge in [0.1, 0.15) is 11.5 Å². The second kappa shape index (κ2) is 7.09. The molecular formula is C19H25N5O. The van der Waals surface area contributed by atoms with Gasteiger partial charge in [0.15, 0.2) is 0 Å². The van der Waals surface area contributed by atoms with Crippen LogP contribution in [-0.2, 0) is 0 Å². The van der Waals surface area contributed by atoms with Crippen molar-refractivity contribution in [3.05, 3.63) is 42.4 Å². The van der Waals surface area contributed by atoms with Gasteiger partial charge < -0.3 is 15.5 Å². The summed E-state index contributed by atoms with van der Waals surface area (Å²) in [5.74, 6) is 0.391. The number of benzene rings is 1. The second-order valence-corrected chi connectivity index (χ2v) is 7.36. The molecule has 6 nitrogen and oxygen atoms in total. The Morgan fingerprint density at radius 3 is 2.28 bits per heavy atom. The first-order valence-electron chi connectivity index (χ1n) is 8.67. The van der Waals surface area contributed by atoms with E-state index in [-0.39, 0.29) is 11.4 Å². The molecule has 2 aromatic rings. The van der Waals surface area contributed by atoms with Crippen molar-refractivity contribution in [1.29, 1.82) is 0 Å². The van der Waals surface area contributed by atoms with Crippen LogP contribution in [0.3, 0.4) is 0 Å². The highest BCUT2D eigenvalue weighted by molar-refractivity contribution is 5.92. The number of anilines is 3. The first kappa shape index (κ1) is 17.2. The quantitative estimate of drug-likeness (QED) is 0.894. The van der Waals surface area contributed by atoms with Crippen molar-refractivity contribution in [2.45, 2.75) is 39.2 Å². The summed E-state index contributed by atoms with van der Waals surface area (Å²) in [4.78, 5) is 22.9. The monoisotopic (exact) mass is 339 g/mol. The highest BCUT2D eigenvalue weighted by atomic mass is 16.2. The van der Waals surface area contributed by atoms with Gasteiger partial charge in [-0.25, -0.2) is 9.97 Å². The van der Waals surface area contributed by atoms with Crippen LogP contribution in [0.25, 0.3) is 0 Å². The Labute approximate surface area is 148 Å². The lowest BCUT2D eigenvalue weighted by Crippen LogP contribution is -2.40. The van der Waals surface area contributed by atoms with Crippen LogP contribution < -0.4 is 15.5 Å². The molecule has 1 aromatic carbocycles. The van der Waals surface area contributed by atoms with Crippen LogP contribution in [-0.4, -0.2) is 34.5 Å². The molecule has 1 fully saturated rings. The minimum Gasteiger partial charge on any atom is -0.372 e. The molecule has 2 heterocycles. The van der Waals surface area contributed by atoms with Crippen molar-refractivity contribution in [2.75, 3.05) is 23.3 Å². The molecule has 0 radical (unpaired) electrons. The molecule has 0 saturated carbocycles. The standard InChI is InChI=1S/C19H25N5O/c1-19(2,3)23-18(25)16-12-21-17(13-20-16)22-14-6-8-15(9-7-14)24-10-4-5-11-24/h6-9,12-13H,4-5,10-11H2,1-3H3,(H,21,22)(H,23,25). The van der Waals surface area contributed by atoms with Crippen molar-refractivity contribution in [1.82, 2.24) is 15.3 Å². The lowest BCUT2D eigenvalue weighted by molar-refractivity contribution is 0.0914. The predicted molar refractivity (Wildman–Crippen MR) is 100 cm³/mol. The number of hydrogen-bond acceptors (Lipinski definition) is 5. The van der Waals surface area contributed by atoms with Crippen molar-refractivity contribution in [3.63, 3.8) is 0 Å². The van der Waals surface area contributed by atoms with E-state index in [4.69, 9.17) is 0 Å². The number of amides is 1. The topological polar surface area (TPSA) is 70.2 Å². The van der Waals surface area contributed by atoms with Crippen LogP contribution in [0.2, 0.25) is 0 Å². The number of carbonyl (C=O) groups is 1. The van der Waals surface area contributed by atoms with Crippen molar-refractivity contribution >= 4 is 23.1 Å². The fraction of sp³-hybridized carbons (Fsp3) is 0.421. The summed E-state index contributed by atoms with van der Waals surface area (Å²) >= 11 is 0. The van der Waals surface area contributed by atoms with Crippen LogP contribution in [0.4, 0.5) is 17.2 Å². The molecule has 132 valence electrons. The zero-order chi connectivity index (χ0) is 17.9. The van der Waals surface area contributed by atoms with Gasteiger partial charge in [-0.15, -0.1) is 0 Å². The van der Waals surface area contributed by atoms with E-state index >= 15 is 0 Å². The molecule has 0 atom stereocenters. The fourth-order valence-electron chi connectivity index (χ4n) is 2.79. The first-order chi connectivity index (χ1) is 11.9. The van der Waals surface area contributed by atoms with Crippen molar-refractivity contribution in [2.24, 2.45) is 0 Å². The molecule has 25 heavy (non-hydrogen) atoms. The lowest BCUT2D eigenvalue weighted by Gasteiger charge is -2.20. The van der Waals surface area contributed by atoms with Crippen LogP contribution in [0.1, 0.15) is 44.1 Å². The van der Waals surface area contributed by atoms with E-state index in [0.717, 1.165) is 18.8 Å². The summed E-state index contributed by atoms with van der Waals surface area (Å²) < 4.78 is 0.